The van der Waals surface area contributed by atoms with Gasteiger partial charge in [-0.25, -0.2) is 0 Å². The zero-order valence-electron chi connectivity index (χ0n) is 22.3. The standard InChI is InChI=1S/C26H34N4O8/c1-14(2)13-18(31)17(11-12-19(32)37-5)29-24(35)25-23(34)28-16-10-8-7-9-15(16)26(25,36)21(38-6)20(30(25)4)22(33)27-3/h7-10,13,17,20-21,36H,11-12H2,1-6H3,(H,27,33)(H,28,34)(H,29,35)/t17-,20+,21+,25-,26?/m0/s1. The second-order valence-corrected chi connectivity index (χ2v) is 9.57. The first kappa shape index (κ1) is 29.0. The lowest BCUT2D eigenvalue weighted by atomic mass is 9.69. The molecule has 0 saturated carbocycles. The molecular formula is C26H34N4O8. The quantitative estimate of drug-likeness (QED) is 0.189. The molecule has 4 N–H and O–H groups in total. The summed E-state index contributed by atoms with van der Waals surface area (Å²) in [6.07, 6.45) is -0.351. The number of hydrogen-bond donors (Lipinski definition) is 4. The molecule has 3 rings (SSSR count). The van der Waals surface area contributed by atoms with Crippen molar-refractivity contribution in [2.45, 2.75) is 56.0 Å². The van der Waals surface area contributed by atoms with Crippen molar-refractivity contribution in [3.05, 3.63) is 41.5 Å². The van der Waals surface area contributed by atoms with Gasteiger partial charge in [0.25, 0.3) is 11.8 Å². The number of carbonyl (C=O) groups excluding carboxylic acids is 5. The van der Waals surface area contributed by atoms with Crippen molar-refractivity contribution in [2.75, 3.05) is 33.6 Å². The molecule has 2 aliphatic rings. The summed E-state index contributed by atoms with van der Waals surface area (Å²) in [4.78, 5) is 67.1. The molecule has 3 amide bonds. The molecule has 1 aromatic rings. The number of ether oxygens (including phenoxy) is 2. The van der Waals surface area contributed by atoms with E-state index in [1.165, 1.54) is 45.4 Å². The third-order valence-corrected chi connectivity index (χ3v) is 7.15. The van der Waals surface area contributed by atoms with Crippen molar-refractivity contribution in [3.63, 3.8) is 0 Å². The molecule has 0 spiro atoms. The first-order valence-corrected chi connectivity index (χ1v) is 12.1. The van der Waals surface area contributed by atoms with Gasteiger partial charge in [0.2, 0.25) is 11.4 Å². The number of nitrogens with one attached hydrogen (secondary N) is 3. The average Bonchev–Trinajstić information content (AvgIpc) is 3.09. The lowest BCUT2D eigenvalue weighted by molar-refractivity contribution is -0.168. The number of allylic oxidation sites excluding steroid dienone is 1. The van der Waals surface area contributed by atoms with Gasteiger partial charge in [-0.05, 0) is 39.5 Å². The smallest absolute Gasteiger partial charge is 0.305 e. The van der Waals surface area contributed by atoms with Crippen LogP contribution in [0.2, 0.25) is 0 Å². The Morgan fingerprint density at radius 3 is 2.45 bits per heavy atom. The molecule has 0 radical (unpaired) electrons. The first-order valence-electron chi connectivity index (χ1n) is 12.1. The van der Waals surface area contributed by atoms with Gasteiger partial charge >= 0.3 is 5.97 Å². The van der Waals surface area contributed by atoms with Crippen LogP contribution in [-0.2, 0) is 39.0 Å². The number of esters is 1. The van der Waals surface area contributed by atoms with Crippen LogP contribution in [0.15, 0.2) is 35.9 Å². The Kier molecular flexibility index (Phi) is 8.39. The second kappa shape index (κ2) is 11.0. The molecule has 5 atom stereocenters. The van der Waals surface area contributed by atoms with Crippen LogP contribution in [0.3, 0.4) is 0 Å². The van der Waals surface area contributed by atoms with Gasteiger partial charge in [0.15, 0.2) is 11.4 Å². The molecule has 1 fully saturated rings. The summed E-state index contributed by atoms with van der Waals surface area (Å²) in [6.45, 7) is 3.39. The number of anilines is 1. The fraction of sp³-hybridized carbons (Fsp3) is 0.500. The number of para-hydroxylation sites is 1. The number of hydrogen-bond acceptors (Lipinski definition) is 9. The summed E-state index contributed by atoms with van der Waals surface area (Å²) in [6, 6.07) is 3.87. The van der Waals surface area contributed by atoms with E-state index in [0.29, 0.717) is 5.57 Å². The largest absolute Gasteiger partial charge is 0.469 e. The van der Waals surface area contributed by atoms with Gasteiger partial charge in [0, 0.05) is 31.8 Å². The number of benzene rings is 1. The highest BCUT2D eigenvalue weighted by atomic mass is 16.5. The van der Waals surface area contributed by atoms with Crippen molar-refractivity contribution >= 4 is 35.2 Å². The van der Waals surface area contributed by atoms with E-state index in [4.69, 9.17) is 4.74 Å². The third kappa shape index (κ3) is 4.38. The number of methoxy groups -OCH3 is 2. The van der Waals surface area contributed by atoms with Gasteiger partial charge < -0.3 is 30.5 Å². The minimum Gasteiger partial charge on any atom is -0.469 e. The van der Waals surface area contributed by atoms with Crippen LogP contribution in [0, 0.1) is 0 Å². The zero-order chi connectivity index (χ0) is 28.4. The maximum absolute atomic E-state index is 14.2. The van der Waals surface area contributed by atoms with Crippen LogP contribution in [0.25, 0.3) is 0 Å². The fourth-order valence-corrected chi connectivity index (χ4v) is 5.43. The van der Waals surface area contributed by atoms with Gasteiger partial charge in [-0.15, -0.1) is 0 Å². The number of ketones is 1. The highest BCUT2D eigenvalue weighted by molar-refractivity contribution is 6.20. The Labute approximate surface area is 220 Å². The third-order valence-electron chi connectivity index (χ3n) is 7.15. The molecular weight excluding hydrogens is 496 g/mol. The molecule has 12 heteroatoms. The predicted molar refractivity (Wildman–Crippen MR) is 136 cm³/mol. The molecule has 206 valence electrons. The van der Waals surface area contributed by atoms with Crippen LogP contribution in [0.5, 0.6) is 0 Å². The molecule has 0 bridgehead atoms. The van der Waals surface area contributed by atoms with Crippen LogP contribution in [-0.4, -0.2) is 91.5 Å². The second-order valence-electron chi connectivity index (χ2n) is 9.57. The minimum absolute atomic E-state index is 0.121. The number of aliphatic hydroxyl groups is 1. The van der Waals surface area contributed by atoms with Crippen molar-refractivity contribution < 1.29 is 38.6 Å². The Hall–Kier alpha value is -3.61. The van der Waals surface area contributed by atoms with Crippen molar-refractivity contribution in [1.29, 1.82) is 0 Å². The first-order chi connectivity index (χ1) is 17.9. The summed E-state index contributed by atoms with van der Waals surface area (Å²) in [5.41, 5.74) is -3.69. The SMILES string of the molecule is CNC(=O)[C@H]1[C@@H](OC)C2(O)c3ccccc3NC(=O)[C@@]2(C(=O)N[C@@H](CCC(=O)OC)C(=O)C=C(C)C)N1C. The number of carbonyl (C=O) groups is 5. The Morgan fingerprint density at radius 1 is 1.21 bits per heavy atom. The Bertz CT molecular complexity index is 1180. The lowest BCUT2D eigenvalue weighted by Crippen LogP contribution is -2.74. The lowest BCUT2D eigenvalue weighted by Gasteiger charge is -2.47. The number of likely N-dealkylation sites (N-methyl/N-ethyl adjacent to an activating group) is 2. The van der Waals surface area contributed by atoms with Crippen LogP contribution < -0.4 is 16.0 Å². The zero-order valence-corrected chi connectivity index (χ0v) is 22.3. The topological polar surface area (TPSA) is 163 Å². The summed E-state index contributed by atoms with van der Waals surface area (Å²) in [7, 11) is 5.22. The maximum atomic E-state index is 14.2. The van der Waals surface area contributed by atoms with Gasteiger partial charge in [-0.3, -0.25) is 28.9 Å². The molecule has 0 aromatic heterocycles. The van der Waals surface area contributed by atoms with Crippen LogP contribution >= 0.6 is 0 Å². The molecule has 2 heterocycles. The van der Waals surface area contributed by atoms with E-state index < -0.39 is 58.8 Å². The molecule has 38 heavy (non-hydrogen) atoms. The Balaban J connectivity index is 2.20. The van der Waals surface area contributed by atoms with Crippen LogP contribution in [0.1, 0.15) is 32.3 Å². The average molecular weight is 531 g/mol. The van der Waals surface area contributed by atoms with Gasteiger partial charge in [-0.2, -0.15) is 0 Å². The molecule has 0 aliphatic carbocycles. The highest BCUT2D eigenvalue weighted by Crippen LogP contribution is 2.54. The van der Waals surface area contributed by atoms with Crippen molar-refractivity contribution in [2.24, 2.45) is 0 Å². The van der Waals surface area contributed by atoms with E-state index in [9.17, 15) is 29.1 Å². The van der Waals surface area contributed by atoms with Crippen molar-refractivity contribution in [3.8, 4) is 0 Å². The monoisotopic (exact) mass is 530 g/mol. The summed E-state index contributed by atoms with van der Waals surface area (Å²) >= 11 is 0. The van der Waals surface area contributed by atoms with E-state index in [2.05, 4.69) is 20.7 Å². The normalized spacial score (nSPS) is 26.8. The molecule has 1 saturated heterocycles. The van der Waals surface area contributed by atoms with E-state index in [1.807, 2.05) is 0 Å². The predicted octanol–water partition coefficient (Wildman–Crippen LogP) is -0.387. The number of fused-ring (bicyclic) bond motifs is 3. The van der Waals surface area contributed by atoms with Crippen LogP contribution in [0.4, 0.5) is 5.69 Å². The molecule has 1 aromatic carbocycles. The van der Waals surface area contributed by atoms with E-state index in [-0.39, 0.29) is 24.1 Å². The Morgan fingerprint density at radius 2 is 1.87 bits per heavy atom. The van der Waals surface area contributed by atoms with E-state index >= 15 is 0 Å². The summed E-state index contributed by atoms with van der Waals surface area (Å²) < 4.78 is 10.3. The molecule has 12 nitrogen and oxygen atoms in total. The van der Waals surface area contributed by atoms with Gasteiger partial charge in [0.05, 0.1) is 13.2 Å². The number of nitrogens with zero attached hydrogens (tertiary/aromatic N) is 1. The van der Waals surface area contributed by atoms with Gasteiger partial charge in [0.1, 0.15) is 12.1 Å². The number of rotatable bonds is 9. The van der Waals surface area contributed by atoms with Crippen molar-refractivity contribution in [1.82, 2.24) is 15.5 Å². The van der Waals surface area contributed by atoms with E-state index in [1.54, 1.807) is 32.0 Å². The highest BCUT2D eigenvalue weighted by Gasteiger charge is 2.78. The number of amides is 3. The molecule has 1 unspecified atom stereocenters. The number of likely N-dealkylation sites (tertiary alicyclic amines) is 1. The van der Waals surface area contributed by atoms with E-state index in [0.717, 1.165) is 0 Å². The fourth-order valence-electron chi connectivity index (χ4n) is 5.43. The van der Waals surface area contributed by atoms with Gasteiger partial charge in [-0.1, -0.05) is 23.8 Å². The summed E-state index contributed by atoms with van der Waals surface area (Å²) in [5, 5.41) is 20.2. The maximum Gasteiger partial charge on any atom is 0.305 e. The molecule has 2 aliphatic heterocycles. The minimum atomic E-state index is -2.42. The summed E-state index contributed by atoms with van der Waals surface area (Å²) in [5.74, 6) is -3.64.